The van der Waals surface area contributed by atoms with Crippen LogP contribution in [0.4, 0.5) is 18.9 Å². The summed E-state index contributed by atoms with van der Waals surface area (Å²) in [6.07, 6.45) is -1.32. The molecule has 11 heteroatoms. The highest BCUT2D eigenvalue weighted by Gasteiger charge is 2.38. The monoisotopic (exact) mass is 425 g/mol. The number of alkyl halides is 3. The summed E-state index contributed by atoms with van der Waals surface area (Å²) in [5, 5.41) is 5.78. The van der Waals surface area contributed by atoms with E-state index in [4.69, 9.17) is 16.3 Å². The van der Waals surface area contributed by atoms with Crippen LogP contribution in [0, 0.1) is 0 Å². The molecule has 29 heavy (non-hydrogen) atoms. The molecular weight excluding hydrogens is 411 g/mol. The Morgan fingerprint density at radius 3 is 2.69 bits per heavy atom. The zero-order valence-electron chi connectivity index (χ0n) is 14.9. The van der Waals surface area contributed by atoms with Crippen molar-refractivity contribution in [3.05, 3.63) is 71.0 Å². The van der Waals surface area contributed by atoms with Crippen LogP contribution in [0.1, 0.15) is 21.6 Å². The van der Waals surface area contributed by atoms with E-state index in [1.165, 1.54) is 17.1 Å². The van der Waals surface area contributed by atoms with Crippen molar-refractivity contribution in [1.29, 1.82) is 0 Å². The van der Waals surface area contributed by atoms with Crippen LogP contribution in [-0.4, -0.2) is 32.3 Å². The van der Waals surface area contributed by atoms with E-state index in [2.05, 4.69) is 20.4 Å². The summed E-state index contributed by atoms with van der Waals surface area (Å²) in [5.74, 6) is -1.02. The van der Waals surface area contributed by atoms with Gasteiger partial charge in [-0.05, 0) is 17.2 Å². The van der Waals surface area contributed by atoms with Gasteiger partial charge in [-0.1, -0.05) is 30.3 Å². The number of nitrogens with one attached hydrogen (secondary N) is 1. The second-order valence-corrected chi connectivity index (χ2v) is 6.22. The van der Waals surface area contributed by atoms with Crippen molar-refractivity contribution in [2.45, 2.75) is 19.3 Å². The Balaban J connectivity index is 1.57. The van der Waals surface area contributed by atoms with Crippen molar-refractivity contribution in [2.75, 3.05) is 11.9 Å². The molecule has 0 aliphatic rings. The first kappa shape index (κ1) is 20.7. The maximum absolute atomic E-state index is 13.1. The fourth-order valence-electron chi connectivity index (χ4n) is 2.41. The molecule has 1 aromatic carbocycles. The number of rotatable bonds is 7. The number of halogens is 4. The Hall–Kier alpha value is -2.98. The molecule has 0 unspecified atom stereocenters. The average Bonchev–Trinajstić information content (AvgIpc) is 3.12. The summed E-state index contributed by atoms with van der Waals surface area (Å²) >= 11 is 5.41. The molecule has 152 valence electrons. The van der Waals surface area contributed by atoms with Crippen LogP contribution in [0.15, 0.2) is 48.9 Å². The van der Waals surface area contributed by atoms with E-state index in [0.717, 1.165) is 11.8 Å². The van der Waals surface area contributed by atoms with Crippen molar-refractivity contribution < 1.29 is 22.7 Å². The van der Waals surface area contributed by atoms with E-state index in [0.29, 0.717) is 19.8 Å². The Morgan fingerprint density at radius 1 is 1.21 bits per heavy atom. The molecule has 0 atom stereocenters. The molecule has 0 fully saturated rings. The summed E-state index contributed by atoms with van der Waals surface area (Å²) in [6, 6.07) is 9.62. The SMILES string of the molecule is O=C(Nc1cnn(CCOCc2ccccc2)c1)c1cnc(Cl)nc1C(F)(F)F. The van der Waals surface area contributed by atoms with Crippen LogP contribution in [0.5, 0.6) is 0 Å². The lowest BCUT2D eigenvalue weighted by atomic mass is 10.2. The third-order valence-corrected chi connectivity index (χ3v) is 3.92. The maximum atomic E-state index is 13.1. The van der Waals surface area contributed by atoms with Gasteiger partial charge in [-0.2, -0.15) is 18.3 Å². The largest absolute Gasteiger partial charge is 0.434 e. The number of ether oxygens (including phenoxy) is 1. The number of hydrogen-bond donors (Lipinski definition) is 1. The molecule has 3 rings (SSSR count). The molecule has 2 heterocycles. The minimum atomic E-state index is -4.85. The lowest BCUT2D eigenvalue weighted by Gasteiger charge is -2.10. The normalized spacial score (nSPS) is 11.4. The van der Waals surface area contributed by atoms with Crippen molar-refractivity contribution in [3.63, 3.8) is 0 Å². The first-order valence-electron chi connectivity index (χ1n) is 8.38. The van der Waals surface area contributed by atoms with E-state index >= 15 is 0 Å². The zero-order chi connectivity index (χ0) is 20.9. The fourth-order valence-corrected chi connectivity index (χ4v) is 2.55. The molecule has 7 nitrogen and oxygen atoms in total. The van der Waals surface area contributed by atoms with Crippen LogP contribution in [-0.2, 0) is 24.1 Å². The molecule has 3 aromatic rings. The predicted octanol–water partition coefficient (Wildman–Crippen LogP) is 3.81. The minimum Gasteiger partial charge on any atom is -0.375 e. The summed E-state index contributed by atoms with van der Waals surface area (Å²) in [5.41, 5.74) is -0.884. The molecule has 0 saturated carbocycles. The van der Waals surface area contributed by atoms with Crippen molar-refractivity contribution in [3.8, 4) is 0 Å². The van der Waals surface area contributed by atoms with Gasteiger partial charge in [-0.25, -0.2) is 9.97 Å². The summed E-state index contributed by atoms with van der Waals surface area (Å²) in [6.45, 7) is 1.22. The Morgan fingerprint density at radius 2 is 1.97 bits per heavy atom. The highest BCUT2D eigenvalue weighted by Crippen LogP contribution is 2.31. The van der Waals surface area contributed by atoms with Gasteiger partial charge in [0.1, 0.15) is 0 Å². The molecule has 0 spiro atoms. The van der Waals surface area contributed by atoms with Crippen LogP contribution in [0.25, 0.3) is 0 Å². The number of nitrogens with zero attached hydrogens (tertiary/aromatic N) is 4. The summed E-state index contributed by atoms with van der Waals surface area (Å²) < 4.78 is 46.3. The van der Waals surface area contributed by atoms with Crippen LogP contribution < -0.4 is 5.32 Å². The number of carbonyl (C=O) groups excluding carboxylic acids is 1. The van der Waals surface area contributed by atoms with Crippen molar-refractivity contribution in [1.82, 2.24) is 19.7 Å². The van der Waals surface area contributed by atoms with E-state index < -0.39 is 28.6 Å². The first-order valence-corrected chi connectivity index (χ1v) is 8.76. The molecule has 0 aliphatic heterocycles. The van der Waals surface area contributed by atoms with Gasteiger partial charge in [-0.3, -0.25) is 9.48 Å². The van der Waals surface area contributed by atoms with Gasteiger partial charge in [0.2, 0.25) is 5.28 Å². The van der Waals surface area contributed by atoms with Crippen LogP contribution in [0.3, 0.4) is 0 Å². The van der Waals surface area contributed by atoms with E-state index in [1.54, 1.807) is 0 Å². The van der Waals surface area contributed by atoms with Gasteiger partial charge in [-0.15, -0.1) is 0 Å². The highest BCUT2D eigenvalue weighted by atomic mass is 35.5. The lowest BCUT2D eigenvalue weighted by Crippen LogP contribution is -2.20. The first-order chi connectivity index (χ1) is 13.8. The summed E-state index contributed by atoms with van der Waals surface area (Å²) in [7, 11) is 0. The highest BCUT2D eigenvalue weighted by molar-refractivity contribution is 6.28. The van der Waals surface area contributed by atoms with Gasteiger partial charge >= 0.3 is 6.18 Å². The number of anilines is 1. The van der Waals surface area contributed by atoms with Gasteiger partial charge in [0.25, 0.3) is 5.91 Å². The molecule has 1 amide bonds. The number of amides is 1. The molecule has 0 bridgehead atoms. The molecular formula is C18H15ClF3N5O2. The molecule has 0 aliphatic carbocycles. The second kappa shape index (κ2) is 9.01. The van der Waals surface area contributed by atoms with E-state index in [-0.39, 0.29) is 5.69 Å². The minimum absolute atomic E-state index is 0.223. The quantitative estimate of drug-likeness (QED) is 0.460. The molecule has 0 saturated heterocycles. The van der Waals surface area contributed by atoms with Crippen molar-refractivity contribution >= 4 is 23.2 Å². The molecule has 2 aromatic heterocycles. The Bertz CT molecular complexity index is 979. The number of aromatic nitrogens is 4. The standard InChI is InChI=1S/C18H15ClF3N5O2/c19-17-23-9-14(15(26-17)18(20,21)22)16(28)25-13-8-24-27(10-13)6-7-29-11-12-4-2-1-3-5-12/h1-5,8-10H,6-7,11H2,(H,25,28). The lowest BCUT2D eigenvalue weighted by molar-refractivity contribution is -0.141. The van der Waals surface area contributed by atoms with Gasteiger partial charge in [0.15, 0.2) is 5.69 Å². The summed E-state index contributed by atoms with van der Waals surface area (Å²) in [4.78, 5) is 18.8. The number of hydrogen-bond acceptors (Lipinski definition) is 5. The Kier molecular flexibility index (Phi) is 6.45. The smallest absolute Gasteiger partial charge is 0.375 e. The third-order valence-electron chi connectivity index (χ3n) is 3.74. The van der Waals surface area contributed by atoms with Gasteiger partial charge in [0, 0.05) is 12.4 Å². The van der Waals surface area contributed by atoms with Gasteiger partial charge in [0.05, 0.1) is 37.2 Å². The predicted molar refractivity (Wildman–Crippen MR) is 98.3 cm³/mol. The molecule has 0 radical (unpaired) electrons. The number of carbonyl (C=O) groups is 1. The zero-order valence-corrected chi connectivity index (χ0v) is 15.6. The third kappa shape index (κ3) is 5.75. The Labute approximate surface area is 168 Å². The second-order valence-electron chi connectivity index (χ2n) is 5.88. The van der Waals surface area contributed by atoms with Crippen LogP contribution >= 0.6 is 11.6 Å². The van der Waals surface area contributed by atoms with E-state index in [1.807, 2.05) is 30.3 Å². The van der Waals surface area contributed by atoms with E-state index in [9.17, 15) is 18.0 Å². The molecule has 1 N–H and O–H groups in total. The average molecular weight is 426 g/mol. The fraction of sp³-hybridized carbons (Fsp3) is 0.222. The number of benzene rings is 1. The van der Waals surface area contributed by atoms with Crippen LogP contribution in [0.2, 0.25) is 5.28 Å². The maximum Gasteiger partial charge on any atom is 0.434 e. The topological polar surface area (TPSA) is 81.9 Å². The van der Waals surface area contributed by atoms with Gasteiger partial charge < -0.3 is 10.1 Å². The van der Waals surface area contributed by atoms with Crippen molar-refractivity contribution in [2.24, 2.45) is 0 Å².